The van der Waals surface area contributed by atoms with Crippen molar-refractivity contribution in [3.8, 4) is 5.75 Å². The van der Waals surface area contributed by atoms with Crippen molar-refractivity contribution >= 4 is 41.5 Å². The molecule has 12 nitrogen and oxygen atoms in total. The van der Waals surface area contributed by atoms with Gasteiger partial charge in [-0.2, -0.15) is 5.09 Å². The third kappa shape index (κ3) is 6.55. The van der Waals surface area contributed by atoms with Gasteiger partial charge in [-0.25, -0.2) is 14.5 Å². The number of carbonyl (C=O) groups is 1. The predicted octanol–water partition coefficient (Wildman–Crippen LogP) is 3.77. The number of benzene rings is 2. The van der Waals surface area contributed by atoms with Crippen LogP contribution in [0.2, 0.25) is 0 Å². The van der Waals surface area contributed by atoms with Crippen molar-refractivity contribution in [2.24, 2.45) is 0 Å². The van der Waals surface area contributed by atoms with Crippen molar-refractivity contribution in [3.05, 3.63) is 60.4 Å². The summed E-state index contributed by atoms with van der Waals surface area (Å²) in [5, 5.41) is 14.8. The van der Waals surface area contributed by atoms with Gasteiger partial charge in [-0.1, -0.05) is 36.4 Å². The van der Waals surface area contributed by atoms with E-state index >= 15 is 0 Å². The fourth-order valence-corrected chi connectivity index (χ4v) is 5.82. The highest BCUT2D eigenvalue weighted by Gasteiger charge is 2.40. The summed E-state index contributed by atoms with van der Waals surface area (Å²) in [4.78, 5) is 21.2. The standard InChI is InChI=1S/C26H32N5O7P/c1-5-36-15-21-29-22-23(19-13-9-10-14-20(19)28-24(22)27)31(21)16-26(3,33)38-39(34,30-17(2)25(32)35-4)37-18-11-7-6-8-12-18/h6-14,17,33H,5,15-16H2,1-4H3,(H2,27,28)(H,30,34)/t17-,26?,39-/m0/s1. The second-order valence-corrected chi connectivity index (χ2v) is 10.6. The molecule has 0 amide bonds. The van der Waals surface area contributed by atoms with E-state index in [0.717, 1.165) is 5.39 Å². The summed E-state index contributed by atoms with van der Waals surface area (Å²) in [6, 6.07) is 14.6. The number of aliphatic hydroxyl groups is 1. The van der Waals surface area contributed by atoms with Crippen LogP contribution in [0.1, 0.15) is 26.6 Å². The first kappa shape index (κ1) is 28.5. The zero-order valence-corrected chi connectivity index (χ0v) is 23.1. The molecule has 4 aromatic rings. The van der Waals surface area contributed by atoms with E-state index in [-0.39, 0.29) is 24.7 Å². The first-order chi connectivity index (χ1) is 18.6. The fourth-order valence-electron chi connectivity index (χ4n) is 4.12. The van der Waals surface area contributed by atoms with Gasteiger partial charge in [-0.3, -0.25) is 9.32 Å². The predicted molar refractivity (Wildman–Crippen MR) is 146 cm³/mol. The SMILES string of the molecule is CCOCc1nc2c(N)nc3ccccc3c2n1CC(C)(O)O[P@](=O)(N[C@@H](C)C(=O)OC)Oc1ccccc1. The molecule has 13 heteroatoms. The molecule has 4 N–H and O–H groups in total. The number of pyridine rings is 1. The van der Waals surface area contributed by atoms with E-state index in [0.29, 0.717) is 29.0 Å². The Bertz CT molecular complexity index is 1510. The number of ether oxygens (including phenoxy) is 2. The number of nitrogens with two attached hydrogens (primary N) is 1. The molecule has 0 aliphatic carbocycles. The number of rotatable bonds is 12. The van der Waals surface area contributed by atoms with Crippen LogP contribution >= 0.6 is 7.75 Å². The molecule has 0 bridgehead atoms. The summed E-state index contributed by atoms with van der Waals surface area (Å²) < 4.78 is 37.4. The summed E-state index contributed by atoms with van der Waals surface area (Å²) in [6.07, 6.45) is 0. The van der Waals surface area contributed by atoms with Gasteiger partial charge < -0.3 is 29.4 Å². The number of hydrogen-bond donors (Lipinski definition) is 3. The lowest BCUT2D eigenvalue weighted by Gasteiger charge is -2.31. The van der Waals surface area contributed by atoms with Crippen molar-refractivity contribution < 1.29 is 33.0 Å². The van der Waals surface area contributed by atoms with E-state index in [1.165, 1.54) is 21.0 Å². The zero-order chi connectivity index (χ0) is 28.2. The molecule has 2 aromatic heterocycles. The maximum atomic E-state index is 13.9. The normalized spacial score (nSPS) is 15.5. The number of para-hydroxylation sites is 2. The summed E-state index contributed by atoms with van der Waals surface area (Å²) in [5.74, 6) is -1.91. The Hall–Kier alpha value is -3.54. The second-order valence-electron chi connectivity index (χ2n) is 9.00. The highest BCUT2D eigenvalue weighted by molar-refractivity contribution is 7.52. The number of nitrogens with zero attached hydrogens (tertiary/aromatic N) is 3. The van der Waals surface area contributed by atoms with Gasteiger partial charge in [0.25, 0.3) is 0 Å². The summed E-state index contributed by atoms with van der Waals surface area (Å²) in [6.45, 7) is 4.93. The lowest BCUT2D eigenvalue weighted by molar-refractivity contribution is -0.145. The van der Waals surface area contributed by atoms with Gasteiger partial charge in [-0.05, 0) is 39.0 Å². The molecule has 3 atom stereocenters. The number of methoxy groups -OCH3 is 1. The number of imidazole rings is 1. The third-order valence-corrected chi connectivity index (χ3v) is 7.56. The Morgan fingerprint density at radius 2 is 1.87 bits per heavy atom. The molecule has 2 heterocycles. The van der Waals surface area contributed by atoms with Crippen molar-refractivity contribution in [1.82, 2.24) is 19.6 Å². The van der Waals surface area contributed by atoms with Crippen LogP contribution in [0, 0.1) is 0 Å². The van der Waals surface area contributed by atoms with Crippen LogP contribution in [0.15, 0.2) is 54.6 Å². The van der Waals surface area contributed by atoms with E-state index in [9.17, 15) is 14.5 Å². The van der Waals surface area contributed by atoms with Crippen LogP contribution in [0.4, 0.5) is 5.82 Å². The maximum absolute atomic E-state index is 13.9. The van der Waals surface area contributed by atoms with Crippen molar-refractivity contribution in [1.29, 1.82) is 0 Å². The van der Waals surface area contributed by atoms with Crippen LogP contribution in [-0.2, 0) is 36.5 Å². The van der Waals surface area contributed by atoms with Crippen LogP contribution in [0.5, 0.6) is 5.75 Å². The highest BCUT2D eigenvalue weighted by Crippen LogP contribution is 2.48. The van der Waals surface area contributed by atoms with Crippen molar-refractivity contribution in [2.75, 3.05) is 19.5 Å². The molecule has 208 valence electrons. The Morgan fingerprint density at radius 3 is 2.56 bits per heavy atom. The average molecular weight is 558 g/mol. The first-order valence-electron chi connectivity index (χ1n) is 12.3. The molecular formula is C26H32N5O7P. The van der Waals surface area contributed by atoms with Gasteiger partial charge in [0.15, 0.2) is 11.6 Å². The molecule has 0 aliphatic heterocycles. The molecule has 4 rings (SSSR count). The van der Waals surface area contributed by atoms with Gasteiger partial charge in [0, 0.05) is 12.0 Å². The van der Waals surface area contributed by atoms with Crippen molar-refractivity contribution in [2.45, 2.75) is 45.8 Å². The minimum absolute atomic E-state index is 0.116. The molecule has 39 heavy (non-hydrogen) atoms. The molecule has 0 saturated heterocycles. The average Bonchev–Trinajstić information content (AvgIpc) is 3.25. The van der Waals surface area contributed by atoms with Gasteiger partial charge in [0.05, 0.1) is 24.7 Å². The number of nitrogens with one attached hydrogen (secondary N) is 1. The number of anilines is 1. The fraction of sp³-hybridized carbons (Fsp3) is 0.346. The third-order valence-electron chi connectivity index (χ3n) is 5.77. The Kier molecular flexibility index (Phi) is 8.53. The molecule has 0 aliphatic rings. The molecule has 0 fully saturated rings. The minimum atomic E-state index is -4.36. The molecule has 2 aromatic carbocycles. The molecule has 0 saturated carbocycles. The highest BCUT2D eigenvalue weighted by atomic mass is 31.2. The van der Waals surface area contributed by atoms with Crippen LogP contribution < -0.4 is 15.3 Å². The topological polar surface area (TPSA) is 160 Å². The van der Waals surface area contributed by atoms with Gasteiger partial charge in [0.1, 0.15) is 29.7 Å². The van der Waals surface area contributed by atoms with Gasteiger partial charge in [0.2, 0.25) is 0 Å². The number of nitrogen functional groups attached to an aromatic ring is 1. The minimum Gasteiger partial charge on any atom is -0.468 e. The lowest BCUT2D eigenvalue weighted by Crippen LogP contribution is -2.40. The van der Waals surface area contributed by atoms with E-state index in [1.54, 1.807) is 34.9 Å². The van der Waals surface area contributed by atoms with E-state index in [1.807, 2.05) is 31.2 Å². The summed E-state index contributed by atoms with van der Waals surface area (Å²) in [5.41, 5.74) is 7.91. The quantitative estimate of drug-likeness (QED) is 0.132. The smallest absolute Gasteiger partial charge is 0.462 e. The lowest BCUT2D eigenvalue weighted by atomic mass is 10.2. The summed E-state index contributed by atoms with van der Waals surface area (Å²) >= 11 is 0. The van der Waals surface area contributed by atoms with Crippen LogP contribution in [0.3, 0.4) is 0 Å². The van der Waals surface area contributed by atoms with Crippen molar-refractivity contribution in [3.63, 3.8) is 0 Å². The second kappa shape index (κ2) is 11.7. The first-order valence-corrected chi connectivity index (χ1v) is 13.8. The van der Waals surface area contributed by atoms with Crippen LogP contribution in [0.25, 0.3) is 21.9 Å². The van der Waals surface area contributed by atoms with E-state index in [4.69, 9.17) is 24.3 Å². The Morgan fingerprint density at radius 1 is 1.18 bits per heavy atom. The number of esters is 1. The van der Waals surface area contributed by atoms with E-state index < -0.39 is 25.5 Å². The molecule has 0 radical (unpaired) electrons. The molecule has 1 unspecified atom stereocenters. The van der Waals surface area contributed by atoms with Gasteiger partial charge in [-0.15, -0.1) is 0 Å². The summed E-state index contributed by atoms with van der Waals surface area (Å²) in [7, 11) is -3.16. The number of carbonyl (C=O) groups excluding carboxylic acids is 1. The van der Waals surface area contributed by atoms with E-state index in [2.05, 4.69) is 15.1 Å². The maximum Gasteiger partial charge on any atom is 0.462 e. The number of aromatic nitrogens is 3. The Labute approximate surface area is 225 Å². The Balaban J connectivity index is 1.76. The number of fused-ring (bicyclic) bond motifs is 3. The largest absolute Gasteiger partial charge is 0.468 e. The molecule has 0 spiro atoms. The molecular weight excluding hydrogens is 525 g/mol. The monoisotopic (exact) mass is 557 g/mol. The zero-order valence-electron chi connectivity index (χ0n) is 22.2. The van der Waals surface area contributed by atoms with Gasteiger partial charge >= 0.3 is 13.7 Å². The number of hydrogen-bond acceptors (Lipinski definition) is 10. The van der Waals surface area contributed by atoms with Crippen LogP contribution in [-0.4, -0.2) is 51.2 Å².